The van der Waals surface area contributed by atoms with E-state index in [1.54, 1.807) is 24.3 Å². The first-order chi connectivity index (χ1) is 19.0. The molecule has 2 unspecified atom stereocenters. The van der Waals surface area contributed by atoms with Gasteiger partial charge in [-0.1, -0.05) is 66.4 Å². The van der Waals surface area contributed by atoms with Crippen LogP contribution in [0.4, 0.5) is 13.2 Å². The zero-order valence-corrected chi connectivity index (χ0v) is 22.9. The summed E-state index contributed by atoms with van der Waals surface area (Å²) < 4.78 is 43.4. The summed E-state index contributed by atoms with van der Waals surface area (Å²) in [5.74, 6) is -0.103. The van der Waals surface area contributed by atoms with E-state index in [1.807, 2.05) is 6.92 Å². The van der Waals surface area contributed by atoms with Gasteiger partial charge in [-0.3, -0.25) is 19.9 Å². The molecule has 0 radical (unpaired) electrons. The number of nitrogens with one attached hydrogen (secondary N) is 3. The van der Waals surface area contributed by atoms with Crippen LogP contribution < -0.4 is 16.1 Å². The van der Waals surface area contributed by atoms with E-state index >= 15 is 0 Å². The van der Waals surface area contributed by atoms with Crippen LogP contribution in [0.5, 0.6) is 0 Å². The van der Waals surface area contributed by atoms with Gasteiger partial charge < -0.3 is 10.6 Å². The zero-order valence-electron chi connectivity index (χ0n) is 21.4. The van der Waals surface area contributed by atoms with Crippen LogP contribution in [0.15, 0.2) is 60.7 Å². The average Bonchev–Trinajstić information content (AvgIpc) is 3.57. The third-order valence-corrected chi connectivity index (χ3v) is 7.48. The van der Waals surface area contributed by atoms with Crippen LogP contribution in [0.3, 0.4) is 0 Å². The van der Waals surface area contributed by atoms with Gasteiger partial charge in [0, 0.05) is 32.8 Å². The van der Waals surface area contributed by atoms with Crippen LogP contribution >= 0.6 is 23.2 Å². The van der Waals surface area contributed by atoms with E-state index in [0.717, 1.165) is 24.6 Å². The molecule has 1 aliphatic carbocycles. The highest BCUT2D eigenvalue weighted by Crippen LogP contribution is 2.48. The summed E-state index contributed by atoms with van der Waals surface area (Å²) in [6, 6.07) is 13.5. The highest BCUT2D eigenvalue weighted by molar-refractivity contribution is 6.34. The summed E-state index contributed by atoms with van der Waals surface area (Å²) in [7, 11) is 0. The number of rotatable bonds is 8. The second-order valence-corrected chi connectivity index (χ2v) is 11.1. The van der Waals surface area contributed by atoms with Crippen molar-refractivity contribution in [1.82, 2.24) is 16.1 Å². The second kappa shape index (κ2) is 11.0. The summed E-state index contributed by atoms with van der Waals surface area (Å²) >= 11 is 12.0. The van der Waals surface area contributed by atoms with Gasteiger partial charge in [0.15, 0.2) is 0 Å². The van der Waals surface area contributed by atoms with E-state index in [-0.39, 0.29) is 45.4 Å². The van der Waals surface area contributed by atoms with Gasteiger partial charge in [-0.2, -0.15) is 13.2 Å². The van der Waals surface area contributed by atoms with Gasteiger partial charge >= 0.3 is 6.18 Å². The van der Waals surface area contributed by atoms with Crippen LogP contribution in [0.25, 0.3) is 16.5 Å². The van der Waals surface area contributed by atoms with E-state index in [2.05, 4.69) is 16.1 Å². The lowest BCUT2D eigenvalue weighted by Crippen LogP contribution is -2.42. The number of alkyl halides is 3. The number of hydroxylamine groups is 1. The Balaban J connectivity index is 1.42. The molecule has 3 N–H and O–H groups in total. The maximum absolute atomic E-state index is 14.5. The molecule has 2 aliphatic rings. The molecule has 11 heteroatoms. The number of hydrogen-bond acceptors (Lipinski definition) is 4. The van der Waals surface area contributed by atoms with E-state index in [0.29, 0.717) is 22.3 Å². The molecule has 210 valence electrons. The Labute approximate surface area is 238 Å². The molecular weight excluding hydrogens is 566 g/mol. The standard InChI is InChI=1S/C29H26Cl2F3N3O3/c1-16(10-17-6-7-17)36-26(38)15-35-27(39)24-9-8-23(21-4-2-3-5-22(21)24)25-14-28(40-37-25,29(32,33)34)18-11-19(30)13-20(31)12-18/h2-5,8-9,11-14,16-17,37H,6-7,10,15H2,1H3,(H,35,39)(H,36,38). The quantitative estimate of drug-likeness (QED) is 0.279. The van der Waals surface area contributed by atoms with Crippen molar-refractivity contribution in [3.05, 3.63) is 87.4 Å². The normalized spacial score (nSPS) is 19.6. The third-order valence-electron chi connectivity index (χ3n) is 7.04. The smallest absolute Gasteiger partial charge is 0.352 e. The number of halogens is 5. The molecule has 3 aromatic carbocycles. The van der Waals surface area contributed by atoms with Gasteiger partial charge in [0.2, 0.25) is 11.5 Å². The summed E-state index contributed by atoms with van der Waals surface area (Å²) in [6.45, 7) is 1.74. The third kappa shape index (κ3) is 5.77. The molecule has 0 saturated heterocycles. The summed E-state index contributed by atoms with van der Waals surface area (Å²) in [5, 5.41) is 6.61. The molecule has 2 amide bonds. The summed E-state index contributed by atoms with van der Waals surface area (Å²) in [5.41, 5.74) is 0.0122. The molecule has 1 saturated carbocycles. The Morgan fingerprint density at radius 1 is 1.07 bits per heavy atom. The molecule has 3 aromatic rings. The van der Waals surface area contributed by atoms with Crippen molar-refractivity contribution >= 4 is 51.5 Å². The van der Waals surface area contributed by atoms with Gasteiger partial charge in [0.25, 0.3) is 5.91 Å². The van der Waals surface area contributed by atoms with Crippen LogP contribution in [-0.4, -0.2) is 30.6 Å². The van der Waals surface area contributed by atoms with Crippen molar-refractivity contribution in [2.24, 2.45) is 5.92 Å². The summed E-state index contributed by atoms with van der Waals surface area (Å²) in [4.78, 5) is 30.6. The lowest BCUT2D eigenvalue weighted by molar-refractivity contribution is -0.269. The Morgan fingerprint density at radius 3 is 2.40 bits per heavy atom. The van der Waals surface area contributed by atoms with Crippen molar-refractivity contribution in [1.29, 1.82) is 0 Å². The minimum absolute atomic E-state index is 0.0261. The molecule has 2 atom stereocenters. The molecule has 1 heterocycles. The average molecular weight is 592 g/mol. The molecule has 0 bridgehead atoms. The van der Waals surface area contributed by atoms with Gasteiger partial charge in [-0.25, -0.2) is 0 Å². The molecule has 1 fully saturated rings. The van der Waals surface area contributed by atoms with E-state index in [4.69, 9.17) is 28.0 Å². The Hall–Kier alpha value is -3.27. The maximum atomic E-state index is 14.5. The number of hydrogen-bond donors (Lipinski definition) is 3. The predicted octanol–water partition coefficient (Wildman–Crippen LogP) is 6.51. The molecular formula is C29H26Cl2F3N3O3. The topological polar surface area (TPSA) is 79.5 Å². The SMILES string of the molecule is CC(CC1CC1)NC(=O)CNC(=O)c1ccc(C2=CC(c3cc(Cl)cc(Cl)c3)(C(F)(F)F)ON2)c2ccccc12. The first-order valence-corrected chi connectivity index (χ1v) is 13.5. The molecule has 1 aliphatic heterocycles. The van der Waals surface area contributed by atoms with Crippen molar-refractivity contribution in [2.45, 2.75) is 44.0 Å². The Kier molecular flexibility index (Phi) is 7.74. The zero-order chi connectivity index (χ0) is 28.7. The molecule has 0 spiro atoms. The van der Waals surface area contributed by atoms with E-state index in [1.165, 1.54) is 31.0 Å². The fourth-order valence-corrected chi connectivity index (χ4v) is 5.50. The molecule has 40 heavy (non-hydrogen) atoms. The monoisotopic (exact) mass is 591 g/mol. The van der Waals surface area contributed by atoms with Crippen molar-refractivity contribution in [3.8, 4) is 0 Å². The van der Waals surface area contributed by atoms with Crippen LogP contribution in [0, 0.1) is 5.92 Å². The second-order valence-electron chi connectivity index (χ2n) is 10.2. The van der Waals surface area contributed by atoms with Crippen LogP contribution in [-0.2, 0) is 15.2 Å². The first kappa shape index (κ1) is 28.3. The number of carbonyl (C=O) groups is 2. The van der Waals surface area contributed by atoms with Gasteiger partial charge in [-0.05, 0) is 60.4 Å². The Morgan fingerprint density at radius 2 is 1.75 bits per heavy atom. The van der Waals surface area contributed by atoms with Crippen molar-refractivity contribution < 1.29 is 27.6 Å². The highest BCUT2D eigenvalue weighted by atomic mass is 35.5. The molecule has 6 nitrogen and oxygen atoms in total. The number of amides is 2. The fourth-order valence-electron chi connectivity index (χ4n) is 4.97. The Bertz CT molecular complexity index is 1490. The number of benzene rings is 3. The van der Waals surface area contributed by atoms with Crippen molar-refractivity contribution in [2.75, 3.05) is 6.54 Å². The lowest BCUT2D eigenvalue weighted by Gasteiger charge is -2.28. The summed E-state index contributed by atoms with van der Waals surface area (Å²) in [6.07, 6.45) is -0.638. The van der Waals surface area contributed by atoms with Gasteiger partial charge in [0.1, 0.15) is 0 Å². The molecule has 5 rings (SSSR count). The largest absolute Gasteiger partial charge is 0.428 e. The van der Waals surface area contributed by atoms with E-state index in [9.17, 15) is 22.8 Å². The van der Waals surface area contributed by atoms with Gasteiger partial charge in [-0.15, -0.1) is 0 Å². The molecule has 0 aromatic heterocycles. The minimum atomic E-state index is -4.86. The van der Waals surface area contributed by atoms with Crippen LogP contribution in [0.1, 0.15) is 47.7 Å². The van der Waals surface area contributed by atoms with E-state index < -0.39 is 17.7 Å². The van der Waals surface area contributed by atoms with Gasteiger partial charge in [0.05, 0.1) is 12.2 Å². The first-order valence-electron chi connectivity index (χ1n) is 12.8. The fraction of sp³-hybridized carbons (Fsp3) is 0.310. The lowest BCUT2D eigenvalue weighted by atomic mass is 9.90. The van der Waals surface area contributed by atoms with Crippen LogP contribution in [0.2, 0.25) is 10.0 Å². The van der Waals surface area contributed by atoms with Crippen molar-refractivity contribution in [3.63, 3.8) is 0 Å². The predicted molar refractivity (Wildman–Crippen MR) is 148 cm³/mol. The number of fused-ring (bicyclic) bond motifs is 1. The highest BCUT2D eigenvalue weighted by Gasteiger charge is 2.59. The minimum Gasteiger partial charge on any atom is -0.352 e. The maximum Gasteiger partial charge on any atom is 0.428 e. The number of carbonyl (C=O) groups excluding carboxylic acids is 2.